The van der Waals surface area contributed by atoms with Gasteiger partial charge in [0.15, 0.2) is 0 Å². The third-order valence-electron chi connectivity index (χ3n) is 3.35. The predicted molar refractivity (Wildman–Crippen MR) is 80.1 cm³/mol. The number of nitrogens with one attached hydrogen (secondary N) is 1. The molecular weight excluding hydrogens is 238 g/mol. The number of likely N-dealkylation sites (N-methyl/N-ethyl adjacent to an activating group) is 1. The topological polar surface area (TPSA) is 58.4 Å². The van der Waals surface area contributed by atoms with Gasteiger partial charge >= 0.3 is 0 Å². The average molecular weight is 263 g/mol. The molecule has 0 spiro atoms. The van der Waals surface area contributed by atoms with E-state index < -0.39 is 0 Å². The minimum absolute atomic E-state index is 0.105. The minimum atomic E-state index is 0.105. The van der Waals surface area contributed by atoms with E-state index in [2.05, 4.69) is 24.1 Å². The summed E-state index contributed by atoms with van der Waals surface area (Å²) < 4.78 is 0. The second-order valence-electron chi connectivity index (χ2n) is 5.02. The molecule has 3 N–H and O–H groups in total. The monoisotopic (exact) mass is 263 g/mol. The van der Waals surface area contributed by atoms with Crippen molar-refractivity contribution in [2.24, 2.45) is 0 Å². The van der Waals surface area contributed by atoms with Gasteiger partial charge in [-0.3, -0.25) is 4.79 Å². The van der Waals surface area contributed by atoms with E-state index in [0.717, 1.165) is 24.3 Å². The van der Waals surface area contributed by atoms with Crippen molar-refractivity contribution in [3.8, 4) is 0 Å². The maximum absolute atomic E-state index is 11.8. The van der Waals surface area contributed by atoms with E-state index >= 15 is 0 Å². The number of hydrogen-bond donors (Lipinski definition) is 2. The number of carbonyl (C=O) groups excluding carboxylic acids is 1. The smallest absolute Gasteiger partial charge is 0.220 e. The molecule has 19 heavy (non-hydrogen) atoms. The standard InChI is InChI=1S/C15H25N3O/c1-4-18(3)10-9-17-15(19)11-12(2)13-5-7-14(16)8-6-13/h5-8,12H,4,9-11,16H2,1-3H3,(H,17,19). The number of anilines is 1. The molecule has 0 aromatic heterocycles. The van der Waals surface area contributed by atoms with E-state index in [4.69, 9.17) is 5.73 Å². The van der Waals surface area contributed by atoms with Crippen LogP contribution in [0.3, 0.4) is 0 Å². The quantitative estimate of drug-likeness (QED) is 0.738. The second-order valence-corrected chi connectivity index (χ2v) is 5.02. The molecule has 1 unspecified atom stereocenters. The minimum Gasteiger partial charge on any atom is -0.399 e. The second kappa shape index (κ2) is 7.79. The molecule has 0 bridgehead atoms. The maximum Gasteiger partial charge on any atom is 0.220 e. The number of hydrogen-bond acceptors (Lipinski definition) is 3. The predicted octanol–water partition coefficient (Wildman–Crippen LogP) is 1.83. The molecule has 1 amide bonds. The summed E-state index contributed by atoms with van der Waals surface area (Å²) >= 11 is 0. The Morgan fingerprint density at radius 2 is 2.00 bits per heavy atom. The number of rotatable bonds is 7. The highest BCUT2D eigenvalue weighted by Crippen LogP contribution is 2.19. The van der Waals surface area contributed by atoms with Crippen molar-refractivity contribution < 1.29 is 4.79 Å². The Hall–Kier alpha value is -1.55. The number of nitrogen functional groups attached to an aromatic ring is 1. The zero-order chi connectivity index (χ0) is 14.3. The molecule has 1 aromatic rings. The van der Waals surface area contributed by atoms with Crippen molar-refractivity contribution in [2.45, 2.75) is 26.2 Å². The van der Waals surface area contributed by atoms with Crippen LogP contribution in [0.1, 0.15) is 31.7 Å². The molecule has 0 aliphatic heterocycles. The van der Waals surface area contributed by atoms with Crippen LogP contribution in [0.15, 0.2) is 24.3 Å². The van der Waals surface area contributed by atoms with Crippen molar-refractivity contribution in [1.29, 1.82) is 0 Å². The first-order valence-electron chi connectivity index (χ1n) is 6.83. The fourth-order valence-electron chi connectivity index (χ4n) is 1.84. The van der Waals surface area contributed by atoms with Gasteiger partial charge in [-0.2, -0.15) is 0 Å². The fourth-order valence-corrected chi connectivity index (χ4v) is 1.84. The summed E-state index contributed by atoms with van der Waals surface area (Å²) in [6.45, 7) is 6.75. The summed E-state index contributed by atoms with van der Waals surface area (Å²) in [4.78, 5) is 14.0. The van der Waals surface area contributed by atoms with Crippen LogP contribution < -0.4 is 11.1 Å². The Morgan fingerprint density at radius 3 is 2.58 bits per heavy atom. The van der Waals surface area contributed by atoms with Crippen molar-refractivity contribution in [3.63, 3.8) is 0 Å². The lowest BCUT2D eigenvalue weighted by molar-refractivity contribution is -0.121. The van der Waals surface area contributed by atoms with Crippen LogP contribution in [-0.2, 0) is 4.79 Å². The van der Waals surface area contributed by atoms with Gasteiger partial charge in [0.05, 0.1) is 0 Å². The first-order chi connectivity index (χ1) is 9.02. The summed E-state index contributed by atoms with van der Waals surface area (Å²) in [6.07, 6.45) is 0.514. The van der Waals surface area contributed by atoms with Crippen molar-refractivity contribution in [3.05, 3.63) is 29.8 Å². The lowest BCUT2D eigenvalue weighted by Crippen LogP contribution is -2.33. The van der Waals surface area contributed by atoms with Gasteiger partial charge in [-0.15, -0.1) is 0 Å². The fraction of sp³-hybridized carbons (Fsp3) is 0.533. The molecule has 1 atom stereocenters. The molecule has 0 radical (unpaired) electrons. The molecular formula is C15H25N3O. The summed E-state index contributed by atoms with van der Waals surface area (Å²) in [5.41, 5.74) is 7.55. The van der Waals surface area contributed by atoms with Crippen LogP contribution in [0.2, 0.25) is 0 Å². The molecule has 106 valence electrons. The Morgan fingerprint density at radius 1 is 1.37 bits per heavy atom. The van der Waals surface area contributed by atoms with Crippen LogP contribution >= 0.6 is 0 Å². The molecule has 0 heterocycles. The maximum atomic E-state index is 11.8. The molecule has 4 nitrogen and oxygen atoms in total. The molecule has 4 heteroatoms. The number of nitrogens with zero attached hydrogens (tertiary/aromatic N) is 1. The summed E-state index contributed by atoms with van der Waals surface area (Å²) in [6, 6.07) is 7.72. The molecule has 0 saturated carbocycles. The van der Waals surface area contributed by atoms with Gasteiger partial charge in [-0.1, -0.05) is 26.0 Å². The Kier molecular flexibility index (Phi) is 6.36. The SMILES string of the molecule is CCN(C)CCNC(=O)CC(C)c1ccc(N)cc1. The van der Waals surface area contributed by atoms with Gasteiger partial charge in [-0.25, -0.2) is 0 Å². The Bertz CT molecular complexity index is 389. The normalized spacial score (nSPS) is 12.4. The van der Waals surface area contributed by atoms with Gasteiger partial charge in [0.2, 0.25) is 5.91 Å². The van der Waals surface area contributed by atoms with Crippen LogP contribution in [0.25, 0.3) is 0 Å². The molecule has 1 rings (SSSR count). The van der Waals surface area contributed by atoms with E-state index in [1.165, 1.54) is 0 Å². The van der Waals surface area contributed by atoms with Crippen molar-refractivity contribution in [1.82, 2.24) is 10.2 Å². The van der Waals surface area contributed by atoms with Gasteiger partial charge in [-0.05, 0) is 37.2 Å². The van der Waals surface area contributed by atoms with Crippen molar-refractivity contribution >= 4 is 11.6 Å². The Balaban J connectivity index is 2.33. The van der Waals surface area contributed by atoms with Crippen LogP contribution in [-0.4, -0.2) is 37.5 Å². The van der Waals surface area contributed by atoms with Gasteiger partial charge in [0, 0.05) is 25.2 Å². The van der Waals surface area contributed by atoms with E-state index in [1.54, 1.807) is 0 Å². The lowest BCUT2D eigenvalue weighted by Gasteiger charge is -2.15. The highest BCUT2D eigenvalue weighted by molar-refractivity contribution is 5.76. The van der Waals surface area contributed by atoms with Crippen molar-refractivity contribution in [2.75, 3.05) is 32.4 Å². The number of nitrogens with two attached hydrogens (primary N) is 1. The van der Waals surface area contributed by atoms with Gasteiger partial charge < -0.3 is 16.0 Å². The van der Waals surface area contributed by atoms with Crippen LogP contribution in [0.4, 0.5) is 5.69 Å². The highest BCUT2D eigenvalue weighted by Gasteiger charge is 2.10. The summed E-state index contributed by atoms with van der Waals surface area (Å²) in [7, 11) is 2.04. The Labute approximate surface area is 116 Å². The van der Waals surface area contributed by atoms with Gasteiger partial charge in [0.1, 0.15) is 0 Å². The number of amides is 1. The van der Waals surface area contributed by atoms with E-state index in [-0.39, 0.29) is 11.8 Å². The first-order valence-corrected chi connectivity index (χ1v) is 6.83. The summed E-state index contributed by atoms with van der Waals surface area (Å²) in [5.74, 6) is 0.318. The van der Waals surface area contributed by atoms with Crippen LogP contribution in [0.5, 0.6) is 0 Å². The zero-order valence-corrected chi connectivity index (χ0v) is 12.1. The average Bonchev–Trinajstić information content (AvgIpc) is 2.39. The summed E-state index contributed by atoms with van der Waals surface area (Å²) in [5, 5.41) is 2.95. The number of benzene rings is 1. The molecule has 1 aromatic carbocycles. The molecule has 0 aliphatic rings. The third-order valence-corrected chi connectivity index (χ3v) is 3.35. The first kappa shape index (κ1) is 15.5. The third kappa shape index (κ3) is 5.75. The molecule has 0 aliphatic carbocycles. The highest BCUT2D eigenvalue weighted by atomic mass is 16.1. The lowest BCUT2D eigenvalue weighted by atomic mass is 9.97. The van der Waals surface area contributed by atoms with E-state index in [9.17, 15) is 4.79 Å². The van der Waals surface area contributed by atoms with Gasteiger partial charge in [0.25, 0.3) is 0 Å². The van der Waals surface area contributed by atoms with E-state index in [1.807, 2.05) is 31.3 Å². The molecule has 0 fully saturated rings. The van der Waals surface area contributed by atoms with E-state index in [0.29, 0.717) is 13.0 Å². The zero-order valence-electron chi connectivity index (χ0n) is 12.1. The largest absolute Gasteiger partial charge is 0.399 e. The molecule has 0 saturated heterocycles. The number of carbonyl (C=O) groups is 1. The van der Waals surface area contributed by atoms with Crippen LogP contribution in [0, 0.1) is 0 Å².